The lowest BCUT2D eigenvalue weighted by Gasteiger charge is -2.15. The standard InChI is InChI=1S/C13H13BrFNO/c14-8-10-7-11(15)1-2-12(10)17-9-13(3-4-13)5-6-16/h1-2,7H,3-5,8-9H2. The van der Waals surface area contributed by atoms with Crippen LogP contribution in [0.2, 0.25) is 0 Å². The van der Waals surface area contributed by atoms with Crippen LogP contribution in [-0.4, -0.2) is 6.61 Å². The number of halogens is 2. The highest BCUT2D eigenvalue weighted by Gasteiger charge is 2.43. The fourth-order valence-electron chi connectivity index (χ4n) is 1.74. The maximum absolute atomic E-state index is 13.0. The van der Waals surface area contributed by atoms with Crippen LogP contribution in [-0.2, 0) is 5.33 Å². The summed E-state index contributed by atoms with van der Waals surface area (Å²) < 4.78 is 18.7. The molecule has 0 heterocycles. The van der Waals surface area contributed by atoms with Crippen molar-refractivity contribution in [3.63, 3.8) is 0 Å². The summed E-state index contributed by atoms with van der Waals surface area (Å²) in [7, 11) is 0. The largest absolute Gasteiger partial charge is 0.493 e. The van der Waals surface area contributed by atoms with E-state index in [0.717, 1.165) is 18.4 Å². The van der Waals surface area contributed by atoms with Gasteiger partial charge in [0.15, 0.2) is 0 Å². The number of hydrogen-bond acceptors (Lipinski definition) is 2. The Hall–Kier alpha value is -1.08. The maximum Gasteiger partial charge on any atom is 0.123 e. The van der Waals surface area contributed by atoms with Crippen LogP contribution in [0.3, 0.4) is 0 Å². The van der Waals surface area contributed by atoms with E-state index >= 15 is 0 Å². The third kappa shape index (κ3) is 2.98. The maximum atomic E-state index is 13.0. The molecule has 1 aliphatic carbocycles. The summed E-state index contributed by atoms with van der Waals surface area (Å²) in [6.07, 6.45) is 2.63. The average molecular weight is 298 g/mol. The van der Waals surface area contributed by atoms with E-state index in [9.17, 15) is 4.39 Å². The smallest absolute Gasteiger partial charge is 0.123 e. The number of benzene rings is 1. The van der Waals surface area contributed by atoms with Crippen molar-refractivity contribution in [2.45, 2.75) is 24.6 Å². The third-order valence-electron chi connectivity index (χ3n) is 3.11. The molecule has 0 atom stereocenters. The Morgan fingerprint density at radius 2 is 2.24 bits per heavy atom. The van der Waals surface area contributed by atoms with E-state index in [0.29, 0.717) is 24.1 Å². The van der Waals surface area contributed by atoms with Gasteiger partial charge in [-0.2, -0.15) is 5.26 Å². The zero-order valence-corrected chi connectivity index (χ0v) is 11.0. The van der Waals surface area contributed by atoms with Gasteiger partial charge in [-0.3, -0.25) is 0 Å². The summed E-state index contributed by atoms with van der Waals surface area (Å²) in [4.78, 5) is 0. The lowest BCUT2D eigenvalue weighted by molar-refractivity contribution is 0.235. The lowest BCUT2D eigenvalue weighted by Crippen LogP contribution is -2.13. The van der Waals surface area contributed by atoms with Gasteiger partial charge in [-0.25, -0.2) is 4.39 Å². The van der Waals surface area contributed by atoms with E-state index in [1.54, 1.807) is 6.07 Å². The number of ether oxygens (including phenoxy) is 1. The van der Waals surface area contributed by atoms with Gasteiger partial charge in [-0.05, 0) is 31.0 Å². The van der Waals surface area contributed by atoms with Gasteiger partial charge in [0.1, 0.15) is 11.6 Å². The molecule has 2 nitrogen and oxygen atoms in total. The molecule has 2 rings (SSSR count). The highest BCUT2D eigenvalue weighted by Crippen LogP contribution is 2.48. The highest BCUT2D eigenvalue weighted by molar-refractivity contribution is 9.08. The summed E-state index contributed by atoms with van der Waals surface area (Å²) in [6.45, 7) is 0.548. The van der Waals surface area contributed by atoms with E-state index in [-0.39, 0.29) is 11.2 Å². The first-order valence-corrected chi connectivity index (χ1v) is 6.65. The predicted molar refractivity (Wildman–Crippen MR) is 66.4 cm³/mol. The van der Waals surface area contributed by atoms with Crippen molar-refractivity contribution in [2.24, 2.45) is 5.41 Å². The molecule has 1 saturated carbocycles. The van der Waals surface area contributed by atoms with Crippen molar-refractivity contribution in [1.82, 2.24) is 0 Å². The van der Waals surface area contributed by atoms with Gasteiger partial charge in [-0.15, -0.1) is 0 Å². The summed E-state index contributed by atoms with van der Waals surface area (Å²) in [5.74, 6) is 0.442. The number of nitrogens with zero attached hydrogens (tertiary/aromatic N) is 1. The molecule has 0 amide bonds. The number of alkyl halides is 1. The summed E-state index contributed by atoms with van der Waals surface area (Å²) >= 11 is 3.31. The second-order valence-electron chi connectivity index (χ2n) is 4.51. The second kappa shape index (κ2) is 5.05. The van der Waals surface area contributed by atoms with E-state index in [1.165, 1.54) is 12.1 Å². The van der Waals surface area contributed by atoms with Crippen molar-refractivity contribution < 1.29 is 9.13 Å². The molecule has 4 heteroatoms. The predicted octanol–water partition coefficient (Wildman–Crippen LogP) is 3.79. The first-order chi connectivity index (χ1) is 8.19. The number of rotatable bonds is 5. The van der Waals surface area contributed by atoms with Crippen LogP contribution in [0.4, 0.5) is 4.39 Å². The molecule has 0 spiro atoms. The number of nitriles is 1. The molecule has 0 N–H and O–H groups in total. The normalized spacial score (nSPS) is 16.3. The van der Waals surface area contributed by atoms with Crippen LogP contribution in [0.25, 0.3) is 0 Å². The Morgan fingerprint density at radius 3 is 2.82 bits per heavy atom. The molecule has 1 fully saturated rings. The zero-order chi connectivity index (χ0) is 12.3. The summed E-state index contributed by atoms with van der Waals surface area (Å²) in [5, 5.41) is 9.27. The lowest BCUT2D eigenvalue weighted by atomic mass is 10.1. The van der Waals surface area contributed by atoms with Crippen LogP contribution >= 0.6 is 15.9 Å². The Kier molecular flexibility index (Phi) is 3.68. The Balaban J connectivity index is 2.02. The van der Waals surface area contributed by atoms with Crippen molar-refractivity contribution in [3.8, 4) is 11.8 Å². The van der Waals surface area contributed by atoms with E-state index < -0.39 is 0 Å². The summed E-state index contributed by atoms with van der Waals surface area (Å²) in [6, 6.07) is 6.70. The first-order valence-electron chi connectivity index (χ1n) is 5.53. The molecule has 0 saturated heterocycles. The quantitative estimate of drug-likeness (QED) is 0.775. The molecule has 17 heavy (non-hydrogen) atoms. The van der Waals surface area contributed by atoms with Gasteiger partial charge in [-0.1, -0.05) is 15.9 Å². The van der Waals surface area contributed by atoms with Gasteiger partial charge in [0.2, 0.25) is 0 Å². The minimum atomic E-state index is -0.259. The van der Waals surface area contributed by atoms with Crippen LogP contribution in [0.15, 0.2) is 18.2 Å². The van der Waals surface area contributed by atoms with Gasteiger partial charge in [0, 0.05) is 22.7 Å². The molecule has 0 aliphatic heterocycles. The molecule has 90 valence electrons. The molecule has 0 bridgehead atoms. The molecule has 1 aromatic carbocycles. The Bertz CT molecular complexity index is 451. The van der Waals surface area contributed by atoms with Crippen molar-refractivity contribution >= 4 is 15.9 Å². The van der Waals surface area contributed by atoms with Crippen LogP contribution in [0, 0.1) is 22.6 Å². The van der Waals surface area contributed by atoms with Gasteiger partial charge in [0.25, 0.3) is 0 Å². The van der Waals surface area contributed by atoms with Crippen LogP contribution < -0.4 is 4.74 Å². The molecular weight excluding hydrogens is 285 g/mol. The fraction of sp³-hybridized carbons (Fsp3) is 0.462. The molecule has 0 unspecified atom stereocenters. The van der Waals surface area contributed by atoms with Crippen LogP contribution in [0.1, 0.15) is 24.8 Å². The SMILES string of the molecule is N#CCC1(COc2ccc(F)cc2CBr)CC1. The molecule has 1 aliphatic rings. The van der Waals surface area contributed by atoms with Crippen molar-refractivity contribution in [3.05, 3.63) is 29.6 Å². The summed E-state index contributed by atoms with van der Waals surface area (Å²) in [5.41, 5.74) is 0.852. The average Bonchev–Trinajstić information content (AvgIpc) is 3.08. The third-order valence-corrected chi connectivity index (χ3v) is 3.72. The van der Waals surface area contributed by atoms with Crippen LogP contribution in [0.5, 0.6) is 5.75 Å². The molecular formula is C13H13BrFNO. The number of hydrogen-bond donors (Lipinski definition) is 0. The zero-order valence-electron chi connectivity index (χ0n) is 9.38. The second-order valence-corrected chi connectivity index (χ2v) is 5.07. The highest BCUT2D eigenvalue weighted by atomic mass is 79.9. The van der Waals surface area contributed by atoms with Crippen molar-refractivity contribution in [2.75, 3.05) is 6.61 Å². The monoisotopic (exact) mass is 297 g/mol. The first kappa shape index (κ1) is 12.4. The minimum absolute atomic E-state index is 0.0483. The van der Waals surface area contributed by atoms with E-state index in [1.807, 2.05) is 0 Å². The van der Waals surface area contributed by atoms with Gasteiger partial charge in [0.05, 0.1) is 12.7 Å². The Morgan fingerprint density at radius 1 is 1.47 bits per heavy atom. The molecule has 1 aromatic rings. The molecule has 0 aromatic heterocycles. The minimum Gasteiger partial charge on any atom is -0.493 e. The van der Waals surface area contributed by atoms with E-state index in [4.69, 9.17) is 10.00 Å². The van der Waals surface area contributed by atoms with Gasteiger partial charge >= 0.3 is 0 Å². The van der Waals surface area contributed by atoms with Gasteiger partial charge < -0.3 is 4.74 Å². The van der Waals surface area contributed by atoms with E-state index in [2.05, 4.69) is 22.0 Å². The van der Waals surface area contributed by atoms with Crippen molar-refractivity contribution in [1.29, 1.82) is 5.26 Å². The molecule has 0 radical (unpaired) electrons. The Labute approximate surface area is 109 Å². The fourth-order valence-corrected chi connectivity index (χ4v) is 2.18. The topological polar surface area (TPSA) is 33.0 Å².